The van der Waals surface area contributed by atoms with Gasteiger partial charge in [0.25, 0.3) is 0 Å². The standard InChI is InChI=1S/C10H12N2O/c1-7(13)10(12)9-4-2-8(6-11)3-5-9/h2-5,7,10,13H,12H2,1H3/t7-,10+/m1/s1. The molecule has 0 heterocycles. The van der Waals surface area contributed by atoms with Gasteiger partial charge in [-0.2, -0.15) is 5.26 Å². The Morgan fingerprint density at radius 1 is 1.38 bits per heavy atom. The maximum atomic E-state index is 9.21. The molecule has 0 aromatic heterocycles. The van der Waals surface area contributed by atoms with Crippen molar-refractivity contribution < 1.29 is 5.11 Å². The van der Waals surface area contributed by atoms with Crippen molar-refractivity contribution >= 4 is 0 Å². The minimum Gasteiger partial charge on any atom is -0.391 e. The Hall–Kier alpha value is -1.37. The molecule has 1 rings (SSSR count). The fourth-order valence-corrected chi connectivity index (χ4v) is 1.06. The predicted molar refractivity (Wildman–Crippen MR) is 49.8 cm³/mol. The van der Waals surface area contributed by atoms with Gasteiger partial charge in [-0.15, -0.1) is 0 Å². The number of hydrogen-bond acceptors (Lipinski definition) is 3. The monoisotopic (exact) mass is 176 g/mol. The molecule has 0 fully saturated rings. The molecule has 13 heavy (non-hydrogen) atoms. The molecule has 0 bridgehead atoms. The van der Waals surface area contributed by atoms with Crippen LogP contribution in [-0.2, 0) is 0 Å². The number of benzene rings is 1. The Kier molecular flexibility index (Phi) is 3.02. The van der Waals surface area contributed by atoms with Crippen LogP contribution in [0.15, 0.2) is 24.3 Å². The van der Waals surface area contributed by atoms with E-state index in [9.17, 15) is 5.11 Å². The number of nitriles is 1. The largest absolute Gasteiger partial charge is 0.391 e. The van der Waals surface area contributed by atoms with Gasteiger partial charge in [0.05, 0.1) is 23.8 Å². The fraction of sp³-hybridized carbons (Fsp3) is 0.300. The van der Waals surface area contributed by atoms with E-state index >= 15 is 0 Å². The highest BCUT2D eigenvalue weighted by Gasteiger charge is 2.10. The summed E-state index contributed by atoms with van der Waals surface area (Å²) < 4.78 is 0. The van der Waals surface area contributed by atoms with E-state index in [4.69, 9.17) is 11.0 Å². The lowest BCUT2D eigenvalue weighted by Gasteiger charge is -2.14. The molecule has 3 heteroatoms. The first-order chi connectivity index (χ1) is 6.15. The molecule has 0 spiro atoms. The summed E-state index contributed by atoms with van der Waals surface area (Å²) >= 11 is 0. The van der Waals surface area contributed by atoms with Crippen LogP contribution < -0.4 is 5.73 Å². The number of aliphatic hydroxyl groups excluding tert-OH is 1. The number of hydrogen-bond donors (Lipinski definition) is 2. The van der Waals surface area contributed by atoms with Crippen LogP contribution in [0.2, 0.25) is 0 Å². The number of nitrogens with zero attached hydrogens (tertiary/aromatic N) is 1. The van der Waals surface area contributed by atoms with Crippen LogP contribution in [0.4, 0.5) is 0 Å². The molecule has 3 N–H and O–H groups in total. The van der Waals surface area contributed by atoms with Crippen LogP contribution in [-0.4, -0.2) is 11.2 Å². The zero-order valence-electron chi connectivity index (χ0n) is 7.44. The van der Waals surface area contributed by atoms with E-state index in [1.807, 2.05) is 6.07 Å². The summed E-state index contributed by atoms with van der Waals surface area (Å²) in [5.74, 6) is 0. The van der Waals surface area contributed by atoms with Crippen molar-refractivity contribution in [3.05, 3.63) is 35.4 Å². The molecule has 0 aliphatic heterocycles. The van der Waals surface area contributed by atoms with Crippen molar-refractivity contribution in [1.29, 1.82) is 5.26 Å². The van der Waals surface area contributed by atoms with Crippen LogP contribution in [0, 0.1) is 11.3 Å². The first-order valence-corrected chi connectivity index (χ1v) is 4.09. The predicted octanol–water partition coefficient (Wildman–Crippen LogP) is 0.939. The molecule has 1 aromatic rings. The highest BCUT2D eigenvalue weighted by molar-refractivity contribution is 5.32. The molecule has 0 unspecified atom stereocenters. The maximum absolute atomic E-state index is 9.21. The van der Waals surface area contributed by atoms with Gasteiger partial charge in [0, 0.05) is 0 Å². The second kappa shape index (κ2) is 4.04. The molecule has 0 radical (unpaired) electrons. The van der Waals surface area contributed by atoms with Crippen molar-refractivity contribution in [2.75, 3.05) is 0 Å². The Labute approximate surface area is 77.4 Å². The molecule has 0 aliphatic carbocycles. The fourth-order valence-electron chi connectivity index (χ4n) is 1.06. The zero-order chi connectivity index (χ0) is 9.84. The quantitative estimate of drug-likeness (QED) is 0.704. The van der Waals surface area contributed by atoms with Gasteiger partial charge in [0.1, 0.15) is 0 Å². The Morgan fingerprint density at radius 2 is 1.92 bits per heavy atom. The zero-order valence-corrected chi connectivity index (χ0v) is 7.44. The van der Waals surface area contributed by atoms with Crippen LogP contribution >= 0.6 is 0 Å². The number of rotatable bonds is 2. The lowest BCUT2D eigenvalue weighted by atomic mass is 10.0. The van der Waals surface area contributed by atoms with E-state index in [1.165, 1.54) is 0 Å². The molecule has 1 aromatic carbocycles. The molecule has 0 saturated heterocycles. The normalized spacial score (nSPS) is 14.6. The molecule has 68 valence electrons. The molecule has 0 amide bonds. The van der Waals surface area contributed by atoms with Crippen LogP contribution in [0.25, 0.3) is 0 Å². The number of nitrogens with two attached hydrogens (primary N) is 1. The van der Waals surface area contributed by atoms with Gasteiger partial charge < -0.3 is 10.8 Å². The molecule has 2 atom stereocenters. The number of aliphatic hydroxyl groups is 1. The highest BCUT2D eigenvalue weighted by Crippen LogP contribution is 2.14. The first-order valence-electron chi connectivity index (χ1n) is 4.09. The Balaban J connectivity index is 2.87. The van der Waals surface area contributed by atoms with E-state index in [0.717, 1.165) is 5.56 Å². The third kappa shape index (κ3) is 2.28. The van der Waals surface area contributed by atoms with E-state index in [0.29, 0.717) is 5.56 Å². The van der Waals surface area contributed by atoms with Gasteiger partial charge in [0.15, 0.2) is 0 Å². The van der Waals surface area contributed by atoms with Gasteiger partial charge >= 0.3 is 0 Å². The molecule has 3 nitrogen and oxygen atoms in total. The maximum Gasteiger partial charge on any atom is 0.0991 e. The lowest BCUT2D eigenvalue weighted by molar-refractivity contribution is 0.164. The molecule has 0 saturated carbocycles. The van der Waals surface area contributed by atoms with Crippen molar-refractivity contribution in [3.8, 4) is 6.07 Å². The molecule has 0 aliphatic rings. The second-order valence-electron chi connectivity index (χ2n) is 3.00. The van der Waals surface area contributed by atoms with Crippen molar-refractivity contribution in [1.82, 2.24) is 0 Å². The first kappa shape index (κ1) is 9.72. The van der Waals surface area contributed by atoms with E-state index in [1.54, 1.807) is 31.2 Å². The summed E-state index contributed by atoms with van der Waals surface area (Å²) in [6.45, 7) is 1.64. The summed E-state index contributed by atoms with van der Waals surface area (Å²) in [7, 11) is 0. The smallest absolute Gasteiger partial charge is 0.0991 e. The van der Waals surface area contributed by atoms with Crippen molar-refractivity contribution in [2.24, 2.45) is 5.73 Å². The SMILES string of the molecule is C[C@@H](O)[C@H](N)c1ccc(C#N)cc1. The van der Waals surface area contributed by atoms with E-state index in [2.05, 4.69) is 0 Å². The van der Waals surface area contributed by atoms with Crippen molar-refractivity contribution in [2.45, 2.75) is 19.1 Å². The van der Waals surface area contributed by atoms with E-state index < -0.39 is 6.10 Å². The highest BCUT2D eigenvalue weighted by atomic mass is 16.3. The molecular formula is C10H12N2O. The summed E-state index contributed by atoms with van der Waals surface area (Å²) in [6.07, 6.45) is -0.576. The third-order valence-corrected chi connectivity index (χ3v) is 1.94. The van der Waals surface area contributed by atoms with Gasteiger partial charge in [-0.05, 0) is 24.6 Å². The summed E-state index contributed by atoms with van der Waals surface area (Å²) in [5.41, 5.74) is 7.14. The van der Waals surface area contributed by atoms with Crippen LogP contribution in [0.3, 0.4) is 0 Å². The average molecular weight is 176 g/mol. The summed E-state index contributed by atoms with van der Waals surface area (Å²) in [6, 6.07) is 8.54. The van der Waals surface area contributed by atoms with Crippen LogP contribution in [0.1, 0.15) is 24.1 Å². The van der Waals surface area contributed by atoms with Gasteiger partial charge in [-0.3, -0.25) is 0 Å². The molecular weight excluding hydrogens is 164 g/mol. The lowest BCUT2D eigenvalue weighted by Crippen LogP contribution is -2.22. The second-order valence-corrected chi connectivity index (χ2v) is 3.00. The van der Waals surface area contributed by atoms with Gasteiger partial charge in [0.2, 0.25) is 0 Å². The van der Waals surface area contributed by atoms with Gasteiger partial charge in [-0.25, -0.2) is 0 Å². The Morgan fingerprint density at radius 3 is 2.31 bits per heavy atom. The third-order valence-electron chi connectivity index (χ3n) is 1.94. The average Bonchev–Trinajstić information content (AvgIpc) is 2.17. The van der Waals surface area contributed by atoms with Crippen LogP contribution in [0.5, 0.6) is 0 Å². The summed E-state index contributed by atoms with van der Waals surface area (Å²) in [4.78, 5) is 0. The Bertz CT molecular complexity index is 311. The van der Waals surface area contributed by atoms with Crippen molar-refractivity contribution in [3.63, 3.8) is 0 Å². The minimum absolute atomic E-state index is 0.382. The minimum atomic E-state index is -0.576. The van der Waals surface area contributed by atoms with Gasteiger partial charge in [-0.1, -0.05) is 12.1 Å². The topological polar surface area (TPSA) is 70.0 Å². The van der Waals surface area contributed by atoms with E-state index in [-0.39, 0.29) is 6.04 Å². The summed E-state index contributed by atoms with van der Waals surface area (Å²) in [5, 5.41) is 17.8.